The zero-order valence-corrected chi connectivity index (χ0v) is 10.3. The Bertz CT molecular complexity index is 57.5. The third-order valence-electron chi connectivity index (χ3n) is 0. The molecule has 15 nitrogen and oxygen atoms in total. The monoisotopic (exact) mass is 387 g/mol. The summed E-state index contributed by atoms with van der Waals surface area (Å²) in [4.78, 5) is 0. The van der Waals surface area contributed by atoms with E-state index in [1.807, 2.05) is 0 Å². The van der Waals surface area contributed by atoms with Crippen molar-refractivity contribution in [2.24, 2.45) is 0 Å². The summed E-state index contributed by atoms with van der Waals surface area (Å²) in [7, 11) is -9.89. The molecule has 14 N–H and O–H groups in total. The average Bonchev–Trinajstić information content (AvgIpc) is 1.12. The Labute approximate surface area is 114 Å². The Morgan fingerprint density at radius 1 is 0.333 bits per heavy atom. The van der Waals surface area contributed by atoms with E-state index in [1.165, 1.54) is 0 Å². The van der Waals surface area contributed by atoms with Gasteiger partial charge in [-0.3, -0.25) is 0 Å². The van der Waals surface area contributed by atoms with Gasteiger partial charge in [0.2, 0.25) is 0 Å². The first-order valence-corrected chi connectivity index (χ1v) is 3.70. The predicted octanol–water partition coefficient (Wildman–Crippen LogP) is -15.3. The van der Waals surface area contributed by atoms with E-state index >= 15 is 0 Å². The molecule has 0 amide bonds. The smallest absolute Gasteiger partial charge is 0.412 e. The molecule has 18 heavy (non-hydrogen) atoms. The van der Waals surface area contributed by atoms with Crippen molar-refractivity contribution in [2.75, 3.05) is 0 Å². The fourth-order valence-electron chi connectivity index (χ4n) is 0. The van der Waals surface area contributed by atoms with Gasteiger partial charge in [-0.1, -0.05) is 0 Å². The molecule has 0 aromatic rings. The van der Waals surface area contributed by atoms with Crippen molar-refractivity contribution in [3.05, 3.63) is 0 Å². The maximum atomic E-state index is 8.49. The normalized spacial score (nSPS) is 6.67. The van der Waals surface area contributed by atoms with Crippen LogP contribution >= 0.6 is 0 Å². The van der Waals surface area contributed by atoms with Crippen LogP contribution in [-0.4, -0.2) is 38.3 Å². The summed E-state index contributed by atoms with van der Waals surface area (Å²) in [5.74, 6) is 0. The molecule has 0 spiro atoms. The second-order valence-electron chi connectivity index (χ2n) is 0.756. The van der Waals surface area contributed by atoms with Crippen molar-refractivity contribution in [1.82, 2.24) is 0 Å². The Hall–Kier alpha value is 0.499. The van der Waals surface area contributed by atoms with Gasteiger partial charge in [0.15, 0.2) is 0 Å². The quantitative estimate of drug-likeness (QED) is 0.357. The summed E-state index contributed by atoms with van der Waals surface area (Å²) in [5, 5.41) is 0. The molecule has 0 bridgehead atoms. The summed E-state index contributed by atoms with van der Waals surface area (Å²) < 4.78 is 67.9. The molecule has 129 valence electrons. The van der Waals surface area contributed by atoms with Gasteiger partial charge in [0.05, 0.1) is 0 Å². The van der Waals surface area contributed by atoms with Crippen molar-refractivity contribution < 1.29 is 113 Å². The van der Waals surface area contributed by atoms with Gasteiger partial charge in [0, 0.05) is 0 Å². The van der Waals surface area contributed by atoms with E-state index in [0.29, 0.717) is 0 Å². The molecule has 0 unspecified atom stereocenters. The standard InChI is InChI=1S/2ClHO4.Cu.7H2O/c2*2-1(3,4)5;;;;;;;;/h2*(H,2,3,4,5);;7*1H2/q;;+2;;;;;;;/p-2. The number of hydrogen-bond donors (Lipinski definition) is 0. The van der Waals surface area contributed by atoms with Crippen LogP contribution in [0, 0.1) is 20.5 Å². The van der Waals surface area contributed by atoms with Crippen molar-refractivity contribution in [3.8, 4) is 0 Å². The zero-order valence-electron chi connectivity index (χ0n) is 7.82. The summed E-state index contributed by atoms with van der Waals surface area (Å²) in [6.45, 7) is 0. The minimum atomic E-state index is -4.94. The average molecular weight is 389 g/mol. The van der Waals surface area contributed by atoms with Crippen LogP contribution in [0.1, 0.15) is 0 Å². The van der Waals surface area contributed by atoms with Gasteiger partial charge >= 0.3 is 17.1 Å². The van der Waals surface area contributed by atoms with Gasteiger partial charge in [-0.2, -0.15) is 0 Å². The predicted molar refractivity (Wildman–Crippen MR) is 25.3 cm³/mol. The summed E-state index contributed by atoms with van der Waals surface area (Å²) in [5.41, 5.74) is 0. The fourth-order valence-corrected chi connectivity index (χ4v) is 0. The Kier molecular flexibility index (Phi) is 133. The van der Waals surface area contributed by atoms with Crippen LogP contribution < -0.4 is 37.3 Å². The van der Waals surface area contributed by atoms with Crippen LogP contribution in [-0.2, 0) is 17.1 Å². The van der Waals surface area contributed by atoms with E-state index in [4.69, 9.17) is 37.3 Å². The largest absolute Gasteiger partial charge is 2.00 e. The fraction of sp³-hybridized carbons (Fsp3) is 0. The van der Waals surface area contributed by atoms with Gasteiger partial charge in [-0.05, 0) is 0 Å². The van der Waals surface area contributed by atoms with E-state index in [1.54, 1.807) is 0 Å². The first-order valence-electron chi connectivity index (χ1n) is 1.23. The summed E-state index contributed by atoms with van der Waals surface area (Å²) in [6, 6.07) is 0. The molecule has 18 heteroatoms. The minimum Gasteiger partial charge on any atom is -0.412 e. The zero-order chi connectivity index (χ0) is 9.00. The Morgan fingerprint density at radius 3 is 0.333 bits per heavy atom. The maximum Gasteiger partial charge on any atom is 2.00 e. The van der Waals surface area contributed by atoms with Crippen molar-refractivity contribution in [3.63, 3.8) is 0 Å². The molecule has 0 atom stereocenters. The summed E-state index contributed by atoms with van der Waals surface area (Å²) >= 11 is 0. The van der Waals surface area contributed by atoms with Crippen molar-refractivity contribution >= 4 is 0 Å². The van der Waals surface area contributed by atoms with Crippen LogP contribution in [0.5, 0.6) is 0 Å². The van der Waals surface area contributed by atoms with E-state index in [0.717, 1.165) is 0 Å². The molecular weight excluding hydrogens is 374 g/mol. The van der Waals surface area contributed by atoms with Gasteiger partial charge < -0.3 is 38.3 Å². The first-order chi connectivity index (χ1) is 4.00. The summed E-state index contributed by atoms with van der Waals surface area (Å²) in [6.07, 6.45) is 0. The molecule has 0 saturated heterocycles. The molecular formula is H14Cl2CuO15. The van der Waals surface area contributed by atoms with Gasteiger partial charge in [0.1, 0.15) is 0 Å². The topological polar surface area (TPSA) is 405 Å². The first kappa shape index (κ1) is 78.4. The van der Waals surface area contributed by atoms with E-state index in [2.05, 4.69) is 0 Å². The van der Waals surface area contributed by atoms with E-state index in [-0.39, 0.29) is 55.4 Å². The van der Waals surface area contributed by atoms with E-state index in [9.17, 15) is 0 Å². The molecule has 0 aliphatic heterocycles. The number of hydrogen-bond acceptors (Lipinski definition) is 8. The van der Waals surface area contributed by atoms with Crippen LogP contribution in [0.15, 0.2) is 0 Å². The molecule has 0 aliphatic rings. The molecule has 0 aromatic heterocycles. The Morgan fingerprint density at radius 2 is 0.333 bits per heavy atom. The SMILES string of the molecule is O.O.O.O.O.O.O.[Cu+2].[O-][Cl+3]([O-])([O-])[O-].[O-][Cl+3]([O-])([O-])[O-]. The molecule has 0 heterocycles. The third kappa shape index (κ3) is 15900. The Balaban J connectivity index is -0.00000000615. The van der Waals surface area contributed by atoms with Crippen molar-refractivity contribution in [2.45, 2.75) is 0 Å². The minimum absolute atomic E-state index is 0. The van der Waals surface area contributed by atoms with Crippen LogP contribution in [0.25, 0.3) is 0 Å². The third-order valence-corrected chi connectivity index (χ3v) is 0. The van der Waals surface area contributed by atoms with Crippen LogP contribution in [0.3, 0.4) is 0 Å². The molecule has 0 fully saturated rings. The second-order valence-corrected chi connectivity index (χ2v) is 2.27. The van der Waals surface area contributed by atoms with Crippen molar-refractivity contribution in [1.29, 1.82) is 0 Å². The maximum absolute atomic E-state index is 8.49. The van der Waals surface area contributed by atoms with Gasteiger partial charge in [-0.15, -0.1) is 20.5 Å². The molecule has 0 aromatic carbocycles. The molecule has 0 rings (SSSR count). The van der Waals surface area contributed by atoms with Crippen LogP contribution in [0.2, 0.25) is 0 Å². The molecule has 0 saturated carbocycles. The number of rotatable bonds is 0. The van der Waals surface area contributed by atoms with Gasteiger partial charge in [-0.25, -0.2) is 37.3 Å². The van der Waals surface area contributed by atoms with E-state index < -0.39 is 20.5 Å². The second kappa shape index (κ2) is 30.5. The van der Waals surface area contributed by atoms with Gasteiger partial charge in [0.25, 0.3) is 0 Å². The van der Waals surface area contributed by atoms with Crippen LogP contribution in [0.4, 0.5) is 0 Å². The number of halogens is 2. The molecule has 0 aliphatic carbocycles. The molecule has 1 radical (unpaired) electrons.